The summed E-state index contributed by atoms with van der Waals surface area (Å²) in [7, 11) is 1.31. The van der Waals surface area contributed by atoms with Crippen molar-refractivity contribution in [1.82, 2.24) is 9.88 Å². The number of alkyl halides is 5. The summed E-state index contributed by atoms with van der Waals surface area (Å²) >= 11 is 0. The summed E-state index contributed by atoms with van der Waals surface area (Å²) in [6, 6.07) is 9.25. The van der Waals surface area contributed by atoms with Crippen LogP contribution in [0, 0.1) is 5.82 Å². The van der Waals surface area contributed by atoms with E-state index in [0.717, 1.165) is 41.4 Å². The fraction of sp³-hybridized carbons (Fsp3) is 0.296. The Bertz CT molecular complexity index is 1510. The summed E-state index contributed by atoms with van der Waals surface area (Å²) in [6.07, 6.45) is -6.86. The number of carbonyl (C=O) groups is 2. The minimum atomic E-state index is -5.00. The lowest BCUT2D eigenvalue weighted by atomic mass is 9.93. The molecular weight excluding hydrogens is 576 g/mol. The van der Waals surface area contributed by atoms with Gasteiger partial charge in [-0.2, -0.15) is 22.0 Å². The van der Waals surface area contributed by atoms with E-state index in [-0.39, 0.29) is 34.9 Å². The topological polar surface area (TPSA) is 110 Å². The van der Waals surface area contributed by atoms with Crippen LogP contribution in [0.4, 0.5) is 32.0 Å². The summed E-state index contributed by atoms with van der Waals surface area (Å²) in [5.74, 6) is -3.63. The number of carbonyl (C=O) groups excluding carboxylic acids is 2. The van der Waals surface area contributed by atoms with Gasteiger partial charge in [0.05, 0.1) is 13.7 Å². The highest BCUT2D eigenvalue weighted by Crippen LogP contribution is 2.34. The second kappa shape index (κ2) is 12.1. The fourth-order valence-corrected chi connectivity index (χ4v) is 4.50. The first-order valence-corrected chi connectivity index (χ1v) is 12.2. The van der Waals surface area contributed by atoms with Crippen molar-refractivity contribution in [3.63, 3.8) is 0 Å². The molecule has 0 bridgehead atoms. The van der Waals surface area contributed by atoms with Gasteiger partial charge in [0.2, 0.25) is 5.91 Å². The number of anilines is 1. The summed E-state index contributed by atoms with van der Waals surface area (Å²) in [5.41, 5.74) is -1.48. The van der Waals surface area contributed by atoms with E-state index >= 15 is 4.39 Å². The van der Waals surface area contributed by atoms with Crippen LogP contribution in [0.1, 0.15) is 21.8 Å². The first-order valence-electron chi connectivity index (χ1n) is 12.2. The molecule has 1 aliphatic rings. The number of ether oxygens (including phenoxy) is 2. The largest absolute Gasteiger partial charge is 0.497 e. The van der Waals surface area contributed by atoms with Crippen molar-refractivity contribution < 1.29 is 50.5 Å². The van der Waals surface area contributed by atoms with Crippen LogP contribution in [0.5, 0.6) is 11.5 Å². The van der Waals surface area contributed by atoms with Crippen molar-refractivity contribution >= 4 is 17.5 Å². The van der Waals surface area contributed by atoms with Crippen molar-refractivity contribution in [3.8, 4) is 11.5 Å². The van der Waals surface area contributed by atoms with E-state index in [1.165, 1.54) is 31.4 Å². The lowest BCUT2D eigenvalue weighted by Gasteiger charge is -2.20. The maximum atomic E-state index is 15.1. The van der Waals surface area contributed by atoms with Crippen LogP contribution in [-0.4, -0.2) is 60.1 Å². The van der Waals surface area contributed by atoms with Gasteiger partial charge in [0.15, 0.2) is 6.10 Å². The number of hydrogen-bond donors (Lipinski definition) is 2. The molecular formula is C27H23F6N3O6. The predicted molar refractivity (Wildman–Crippen MR) is 135 cm³/mol. The van der Waals surface area contributed by atoms with Gasteiger partial charge in [0.25, 0.3) is 11.5 Å². The highest BCUT2D eigenvalue weighted by atomic mass is 19.4. The molecule has 2 N–H and O–H groups in total. The van der Waals surface area contributed by atoms with Crippen LogP contribution < -0.4 is 25.2 Å². The Morgan fingerprint density at radius 3 is 2.36 bits per heavy atom. The van der Waals surface area contributed by atoms with Gasteiger partial charge >= 0.3 is 12.8 Å². The molecule has 0 spiro atoms. The summed E-state index contributed by atoms with van der Waals surface area (Å²) in [4.78, 5) is 40.6. The van der Waals surface area contributed by atoms with Crippen molar-refractivity contribution in [1.29, 1.82) is 0 Å². The Balaban J connectivity index is 1.68. The van der Waals surface area contributed by atoms with Crippen LogP contribution in [-0.2, 0) is 11.3 Å². The van der Waals surface area contributed by atoms with E-state index in [4.69, 9.17) is 4.74 Å². The standard InChI is InChI=1S/C27H23F6N3O6/c1-41-16-8-9-17(19(28)11-16)18-12-36(20-3-2-10-35(24(20)39)13-21(37)27(31,32)33)25(40)22(18)34-23(38)14-4-6-15(7-5-14)42-26(29)30/h2-11,18,21-22,26,37H,12-13H2,1H3,(H,34,38)/t18-,21?,22?/m0/s1. The molecule has 0 radical (unpaired) electrons. The van der Waals surface area contributed by atoms with Crippen LogP contribution in [0.3, 0.4) is 0 Å². The number of rotatable bonds is 9. The molecule has 1 fully saturated rings. The molecule has 3 aromatic rings. The van der Waals surface area contributed by atoms with E-state index in [1.807, 2.05) is 0 Å². The van der Waals surface area contributed by atoms with Crippen LogP contribution >= 0.6 is 0 Å². The zero-order valence-corrected chi connectivity index (χ0v) is 21.6. The van der Waals surface area contributed by atoms with Gasteiger partial charge in [-0.3, -0.25) is 14.4 Å². The van der Waals surface area contributed by atoms with Crippen molar-refractivity contribution in [2.75, 3.05) is 18.6 Å². The second-order valence-corrected chi connectivity index (χ2v) is 9.21. The summed E-state index contributed by atoms with van der Waals surface area (Å²) in [6.45, 7) is -4.58. The summed E-state index contributed by atoms with van der Waals surface area (Å²) in [5, 5.41) is 11.9. The summed E-state index contributed by atoms with van der Waals surface area (Å²) < 4.78 is 88.6. The van der Waals surface area contributed by atoms with E-state index in [0.29, 0.717) is 4.57 Å². The highest BCUT2D eigenvalue weighted by Gasteiger charge is 2.45. The van der Waals surface area contributed by atoms with Gasteiger partial charge in [-0.25, -0.2) is 4.39 Å². The Kier molecular flexibility index (Phi) is 8.80. The van der Waals surface area contributed by atoms with Crippen LogP contribution in [0.15, 0.2) is 65.6 Å². The number of nitrogens with zero attached hydrogens (tertiary/aromatic N) is 2. The molecule has 42 heavy (non-hydrogen) atoms. The van der Waals surface area contributed by atoms with Crippen molar-refractivity contribution in [2.24, 2.45) is 0 Å². The quantitative estimate of drug-likeness (QED) is 0.365. The van der Waals surface area contributed by atoms with Crippen LogP contribution in [0.25, 0.3) is 0 Å². The van der Waals surface area contributed by atoms with E-state index in [1.54, 1.807) is 0 Å². The Morgan fingerprint density at radius 2 is 1.76 bits per heavy atom. The zero-order valence-electron chi connectivity index (χ0n) is 21.6. The maximum absolute atomic E-state index is 15.1. The predicted octanol–water partition coefficient (Wildman–Crippen LogP) is 3.45. The lowest BCUT2D eigenvalue weighted by Crippen LogP contribution is -2.45. The number of pyridine rings is 1. The molecule has 0 saturated carbocycles. The number of benzene rings is 2. The number of aromatic nitrogens is 1. The molecule has 2 amide bonds. The van der Waals surface area contributed by atoms with Gasteiger partial charge in [0, 0.05) is 30.3 Å². The highest BCUT2D eigenvalue weighted by molar-refractivity contribution is 6.05. The average molecular weight is 599 g/mol. The number of aliphatic hydroxyl groups is 1. The molecule has 4 rings (SSSR count). The SMILES string of the molecule is COc1ccc([C@@H]2CN(c3cccn(CC(O)C(F)(F)F)c3=O)C(=O)C2NC(=O)c2ccc(OC(F)F)cc2)c(F)c1. The molecule has 3 atom stereocenters. The lowest BCUT2D eigenvalue weighted by molar-refractivity contribution is -0.207. The van der Waals surface area contributed by atoms with Gasteiger partial charge in [0.1, 0.15) is 29.0 Å². The second-order valence-electron chi connectivity index (χ2n) is 9.21. The van der Waals surface area contributed by atoms with E-state index in [9.17, 15) is 41.4 Å². The minimum absolute atomic E-state index is 0.0265. The van der Waals surface area contributed by atoms with Crippen molar-refractivity contribution in [3.05, 3.63) is 88.1 Å². The fourth-order valence-electron chi connectivity index (χ4n) is 4.50. The molecule has 15 heteroatoms. The zero-order chi connectivity index (χ0) is 30.8. The third-order valence-corrected chi connectivity index (χ3v) is 6.59. The average Bonchev–Trinajstić information content (AvgIpc) is 3.24. The number of amides is 2. The Hall–Kier alpha value is -4.53. The molecule has 1 saturated heterocycles. The molecule has 224 valence electrons. The van der Waals surface area contributed by atoms with E-state index < -0.39 is 60.6 Å². The van der Waals surface area contributed by atoms with Crippen molar-refractivity contribution in [2.45, 2.75) is 37.4 Å². The monoisotopic (exact) mass is 599 g/mol. The number of nitrogens with one attached hydrogen (secondary N) is 1. The minimum Gasteiger partial charge on any atom is -0.497 e. The third kappa shape index (κ3) is 6.51. The third-order valence-electron chi connectivity index (χ3n) is 6.59. The molecule has 9 nitrogen and oxygen atoms in total. The van der Waals surface area contributed by atoms with Gasteiger partial charge in [-0.05, 0) is 48.0 Å². The number of methoxy groups -OCH3 is 1. The number of hydrogen-bond acceptors (Lipinski definition) is 6. The first kappa shape index (κ1) is 30.4. The normalized spacial score (nSPS) is 17.8. The van der Waals surface area contributed by atoms with E-state index in [2.05, 4.69) is 10.1 Å². The molecule has 2 unspecified atom stereocenters. The molecule has 2 aromatic carbocycles. The first-order chi connectivity index (χ1) is 19.8. The number of halogens is 6. The Labute approximate surface area is 233 Å². The molecule has 0 aliphatic carbocycles. The molecule has 1 aromatic heterocycles. The van der Waals surface area contributed by atoms with Gasteiger partial charge in [-0.15, -0.1) is 0 Å². The Morgan fingerprint density at radius 1 is 1.10 bits per heavy atom. The van der Waals surface area contributed by atoms with Gasteiger partial charge in [-0.1, -0.05) is 6.07 Å². The smallest absolute Gasteiger partial charge is 0.416 e. The number of aliphatic hydroxyl groups excluding tert-OH is 1. The maximum Gasteiger partial charge on any atom is 0.416 e. The van der Waals surface area contributed by atoms with Gasteiger partial charge < -0.3 is 29.4 Å². The molecule has 2 heterocycles. The van der Waals surface area contributed by atoms with Crippen LogP contribution in [0.2, 0.25) is 0 Å². The molecule has 1 aliphatic heterocycles.